The van der Waals surface area contributed by atoms with Gasteiger partial charge in [-0.1, -0.05) is 36.4 Å². The van der Waals surface area contributed by atoms with Crippen molar-refractivity contribution in [1.82, 2.24) is 4.90 Å². The molecule has 2 aromatic carbocycles. The molecule has 0 aromatic heterocycles. The average molecular weight is 337 g/mol. The van der Waals surface area contributed by atoms with E-state index in [-0.39, 0.29) is 17.8 Å². The zero-order valence-electron chi connectivity index (χ0n) is 14.5. The zero-order chi connectivity index (χ0) is 17.6. The van der Waals surface area contributed by atoms with Crippen LogP contribution in [0.25, 0.3) is 0 Å². The van der Waals surface area contributed by atoms with Gasteiger partial charge in [0.1, 0.15) is 0 Å². The van der Waals surface area contributed by atoms with Gasteiger partial charge in [0.15, 0.2) is 0 Å². The molecule has 0 unspecified atom stereocenters. The van der Waals surface area contributed by atoms with Crippen molar-refractivity contribution in [2.24, 2.45) is 0 Å². The van der Waals surface area contributed by atoms with Gasteiger partial charge in [0, 0.05) is 18.7 Å². The molecule has 1 heterocycles. The first-order chi connectivity index (χ1) is 12.2. The Labute approximate surface area is 148 Å². The van der Waals surface area contributed by atoms with E-state index in [1.165, 1.54) is 0 Å². The Bertz CT molecular complexity index is 734. The third kappa shape index (κ3) is 3.90. The van der Waals surface area contributed by atoms with Crippen LogP contribution in [0.3, 0.4) is 0 Å². The largest absolute Gasteiger partial charge is 0.462 e. The molecule has 4 nitrogen and oxygen atoms in total. The number of hydrogen-bond acceptors (Lipinski definition) is 3. The number of nitrogens with zero attached hydrogens (tertiary/aromatic N) is 1. The van der Waals surface area contributed by atoms with Crippen molar-refractivity contribution >= 4 is 11.9 Å². The molecule has 1 aliphatic heterocycles. The van der Waals surface area contributed by atoms with Gasteiger partial charge >= 0.3 is 5.97 Å². The fourth-order valence-corrected chi connectivity index (χ4v) is 3.40. The molecule has 2 aromatic rings. The average Bonchev–Trinajstić information content (AvgIpc) is 2.68. The summed E-state index contributed by atoms with van der Waals surface area (Å²) < 4.78 is 5.17. The van der Waals surface area contributed by atoms with E-state index >= 15 is 0 Å². The maximum atomic E-state index is 12.6. The van der Waals surface area contributed by atoms with Crippen LogP contribution in [0.4, 0.5) is 0 Å². The summed E-state index contributed by atoms with van der Waals surface area (Å²) in [6.45, 7) is 3.59. The standard InChI is InChI=1S/C21H23NO3/c1-2-25-21(24)19-11-7-6-10-18(19)16-12-14-22(15-13-16)20(23)17-8-4-3-5-9-17/h3-11,16H,2,12-15H2,1H3. The molecule has 4 heteroatoms. The van der Waals surface area contributed by atoms with Crippen molar-refractivity contribution < 1.29 is 14.3 Å². The molecule has 1 saturated heterocycles. The highest BCUT2D eigenvalue weighted by Crippen LogP contribution is 2.31. The van der Waals surface area contributed by atoms with Gasteiger partial charge in [-0.05, 0) is 49.4 Å². The first kappa shape index (κ1) is 17.2. The van der Waals surface area contributed by atoms with Crippen molar-refractivity contribution in [3.05, 3.63) is 71.3 Å². The Balaban J connectivity index is 1.69. The molecular weight excluding hydrogens is 314 g/mol. The number of carbonyl (C=O) groups is 2. The fraction of sp³-hybridized carbons (Fsp3) is 0.333. The van der Waals surface area contributed by atoms with E-state index in [4.69, 9.17) is 4.74 Å². The van der Waals surface area contributed by atoms with E-state index in [0.717, 1.165) is 24.0 Å². The Morgan fingerprint density at radius 1 is 1.00 bits per heavy atom. The molecule has 0 N–H and O–H groups in total. The highest BCUT2D eigenvalue weighted by Gasteiger charge is 2.27. The molecule has 0 radical (unpaired) electrons. The van der Waals surface area contributed by atoms with Crippen LogP contribution in [-0.4, -0.2) is 36.5 Å². The van der Waals surface area contributed by atoms with Gasteiger partial charge in [-0.25, -0.2) is 4.79 Å². The van der Waals surface area contributed by atoms with Gasteiger partial charge in [0.25, 0.3) is 5.91 Å². The lowest BCUT2D eigenvalue weighted by molar-refractivity contribution is 0.0522. The van der Waals surface area contributed by atoms with Crippen LogP contribution < -0.4 is 0 Å². The zero-order valence-corrected chi connectivity index (χ0v) is 14.5. The van der Waals surface area contributed by atoms with Crippen LogP contribution in [-0.2, 0) is 4.74 Å². The van der Waals surface area contributed by atoms with Crippen molar-refractivity contribution in [2.75, 3.05) is 19.7 Å². The number of hydrogen-bond donors (Lipinski definition) is 0. The van der Waals surface area contributed by atoms with E-state index in [1.807, 2.05) is 66.4 Å². The summed E-state index contributed by atoms with van der Waals surface area (Å²) in [4.78, 5) is 26.6. The lowest BCUT2D eigenvalue weighted by Gasteiger charge is -2.33. The second-order valence-electron chi connectivity index (χ2n) is 6.24. The Kier molecular flexibility index (Phi) is 5.49. The third-order valence-corrected chi connectivity index (χ3v) is 4.70. The monoisotopic (exact) mass is 337 g/mol. The number of esters is 1. The van der Waals surface area contributed by atoms with Gasteiger partial charge in [0.05, 0.1) is 12.2 Å². The number of likely N-dealkylation sites (tertiary alicyclic amines) is 1. The maximum Gasteiger partial charge on any atom is 0.338 e. The molecule has 0 spiro atoms. The highest BCUT2D eigenvalue weighted by atomic mass is 16.5. The van der Waals surface area contributed by atoms with Crippen molar-refractivity contribution in [1.29, 1.82) is 0 Å². The molecule has 0 bridgehead atoms. The number of carbonyl (C=O) groups excluding carboxylic acids is 2. The smallest absolute Gasteiger partial charge is 0.338 e. The lowest BCUT2D eigenvalue weighted by atomic mass is 9.86. The van der Waals surface area contributed by atoms with Gasteiger partial charge in [-0.2, -0.15) is 0 Å². The van der Waals surface area contributed by atoms with Gasteiger partial charge < -0.3 is 9.64 Å². The Morgan fingerprint density at radius 3 is 2.32 bits per heavy atom. The Morgan fingerprint density at radius 2 is 1.64 bits per heavy atom. The number of ether oxygens (including phenoxy) is 1. The molecular formula is C21H23NO3. The SMILES string of the molecule is CCOC(=O)c1ccccc1C1CCN(C(=O)c2ccccc2)CC1. The van der Waals surface area contributed by atoms with Gasteiger partial charge in [0.2, 0.25) is 0 Å². The molecule has 1 amide bonds. The van der Waals surface area contributed by atoms with E-state index < -0.39 is 0 Å². The molecule has 25 heavy (non-hydrogen) atoms. The van der Waals surface area contributed by atoms with E-state index in [1.54, 1.807) is 0 Å². The highest BCUT2D eigenvalue weighted by molar-refractivity contribution is 5.94. The molecule has 0 atom stereocenters. The first-order valence-corrected chi connectivity index (χ1v) is 8.81. The predicted octanol–water partition coefficient (Wildman–Crippen LogP) is 3.88. The van der Waals surface area contributed by atoms with Crippen LogP contribution >= 0.6 is 0 Å². The fourth-order valence-electron chi connectivity index (χ4n) is 3.40. The quantitative estimate of drug-likeness (QED) is 0.795. The van der Waals surface area contributed by atoms with Crippen molar-refractivity contribution in [2.45, 2.75) is 25.7 Å². The topological polar surface area (TPSA) is 46.6 Å². The number of rotatable bonds is 4. The number of amides is 1. The van der Waals surface area contributed by atoms with Crippen LogP contribution in [0.15, 0.2) is 54.6 Å². The summed E-state index contributed by atoms with van der Waals surface area (Å²) in [6.07, 6.45) is 1.71. The molecule has 3 rings (SSSR count). The molecule has 0 saturated carbocycles. The van der Waals surface area contributed by atoms with Crippen LogP contribution in [0.2, 0.25) is 0 Å². The molecule has 1 aliphatic rings. The van der Waals surface area contributed by atoms with Crippen molar-refractivity contribution in [3.63, 3.8) is 0 Å². The van der Waals surface area contributed by atoms with Crippen molar-refractivity contribution in [3.8, 4) is 0 Å². The van der Waals surface area contributed by atoms with Crippen LogP contribution in [0.5, 0.6) is 0 Å². The Hall–Kier alpha value is -2.62. The summed E-state index contributed by atoms with van der Waals surface area (Å²) >= 11 is 0. The maximum absolute atomic E-state index is 12.6. The summed E-state index contributed by atoms with van der Waals surface area (Å²) in [5.41, 5.74) is 2.41. The molecule has 0 aliphatic carbocycles. The minimum absolute atomic E-state index is 0.0812. The molecule has 130 valence electrons. The summed E-state index contributed by atoms with van der Waals surface area (Å²) in [6, 6.07) is 17.0. The van der Waals surface area contributed by atoms with Gasteiger partial charge in [-0.3, -0.25) is 4.79 Å². The minimum Gasteiger partial charge on any atom is -0.462 e. The van der Waals surface area contributed by atoms with Crippen LogP contribution in [0.1, 0.15) is 52.0 Å². The molecule has 1 fully saturated rings. The van der Waals surface area contributed by atoms with Gasteiger partial charge in [-0.15, -0.1) is 0 Å². The van der Waals surface area contributed by atoms with Crippen LogP contribution in [0, 0.1) is 0 Å². The second-order valence-corrected chi connectivity index (χ2v) is 6.24. The summed E-state index contributed by atoms with van der Waals surface area (Å²) in [5, 5.41) is 0. The van der Waals surface area contributed by atoms with E-state index in [2.05, 4.69) is 0 Å². The number of benzene rings is 2. The van der Waals surface area contributed by atoms with E-state index in [9.17, 15) is 9.59 Å². The summed E-state index contributed by atoms with van der Waals surface area (Å²) in [7, 11) is 0. The summed E-state index contributed by atoms with van der Waals surface area (Å²) in [5.74, 6) is 0.0963. The van der Waals surface area contributed by atoms with E-state index in [0.29, 0.717) is 25.3 Å². The number of piperidine rings is 1. The lowest BCUT2D eigenvalue weighted by Crippen LogP contribution is -2.38. The minimum atomic E-state index is -0.263. The first-order valence-electron chi connectivity index (χ1n) is 8.81. The third-order valence-electron chi connectivity index (χ3n) is 4.70. The normalized spacial score (nSPS) is 15.0. The second kappa shape index (κ2) is 7.97. The predicted molar refractivity (Wildman–Crippen MR) is 96.7 cm³/mol.